The number of aryl methyl sites for hydroxylation is 2. The third-order valence-electron chi connectivity index (χ3n) is 3.15. The van der Waals surface area contributed by atoms with Gasteiger partial charge in [-0.2, -0.15) is 0 Å². The summed E-state index contributed by atoms with van der Waals surface area (Å²) in [6.45, 7) is 2.18. The van der Waals surface area contributed by atoms with Gasteiger partial charge in [0.15, 0.2) is 0 Å². The van der Waals surface area contributed by atoms with Crippen molar-refractivity contribution >= 4 is 46.0 Å². The summed E-state index contributed by atoms with van der Waals surface area (Å²) < 4.78 is 1.18. The molecule has 0 aromatic heterocycles. The summed E-state index contributed by atoms with van der Waals surface area (Å²) in [5, 5.41) is 0.895. The lowest BCUT2D eigenvalue weighted by Crippen LogP contribution is -1.88. The Labute approximate surface area is 144 Å². The van der Waals surface area contributed by atoms with Gasteiger partial charge >= 0.3 is 0 Å². The molecule has 2 rings (SSSR count). The highest BCUT2D eigenvalue weighted by Gasteiger charge is 2.04. The van der Waals surface area contributed by atoms with Crippen molar-refractivity contribution in [2.24, 2.45) is 0 Å². The highest BCUT2D eigenvalue weighted by Crippen LogP contribution is 2.31. The molecule has 2 aromatic rings. The molecule has 0 bridgehead atoms. The second-order valence-corrected chi connectivity index (χ2v) is 7.28. The number of halogens is 2. The predicted octanol–water partition coefficient (Wildman–Crippen LogP) is 6.42. The molecule has 0 nitrogen and oxygen atoms in total. The van der Waals surface area contributed by atoms with Gasteiger partial charge in [-0.15, -0.1) is 0 Å². The van der Waals surface area contributed by atoms with Crippen LogP contribution in [0.4, 0.5) is 0 Å². The quantitative estimate of drug-likeness (QED) is 0.387. The maximum atomic E-state index is 6.37. The van der Waals surface area contributed by atoms with Crippen molar-refractivity contribution in [3.8, 4) is 0 Å². The number of rotatable bonds is 6. The standard InChI is InChI=1S/C17H18ClIS/c1-2-13-5-3-7-15(11-13)20-16-9-8-14(6-4-10-19)17(18)12-16/h3,5,7-9,11-12H,2,4,6,10H2,1H3. The first kappa shape index (κ1) is 16.2. The van der Waals surface area contributed by atoms with Crippen molar-refractivity contribution in [2.45, 2.75) is 36.0 Å². The molecular weight excluding hydrogens is 399 g/mol. The first-order valence-electron chi connectivity index (χ1n) is 6.84. The molecule has 0 aliphatic heterocycles. The van der Waals surface area contributed by atoms with Crippen LogP contribution in [0.5, 0.6) is 0 Å². The van der Waals surface area contributed by atoms with E-state index in [1.807, 2.05) is 0 Å². The van der Waals surface area contributed by atoms with E-state index in [1.54, 1.807) is 11.8 Å². The zero-order valence-electron chi connectivity index (χ0n) is 11.5. The first-order valence-corrected chi connectivity index (χ1v) is 9.56. The lowest BCUT2D eigenvalue weighted by atomic mass is 10.1. The van der Waals surface area contributed by atoms with Crippen LogP contribution >= 0.6 is 46.0 Å². The number of hydrogen-bond donors (Lipinski definition) is 0. The molecule has 0 aliphatic rings. The molecule has 20 heavy (non-hydrogen) atoms. The molecule has 0 N–H and O–H groups in total. The van der Waals surface area contributed by atoms with E-state index in [0.29, 0.717) is 0 Å². The topological polar surface area (TPSA) is 0 Å². The van der Waals surface area contributed by atoms with E-state index in [-0.39, 0.29) is 0 Å². The van der Waals surface area contributed by atoms with Crippen LogP contribution < -0.4 is 0 Å². The molecule has 0 saturated carbocycles. The molecule has 0 aliphatic carbocycles. The fraction of sp³-hybridized carbons (Fsp3) is 0.294. The largest absolute Gasteiger partial charge is 0.0900 e. The number of benzene rings is 2. The summed E-state index contributed by atoms with van der Waals surface area (Å²) in [5.41, 5.74) is 2.63. The second-order valence-electron chi connectivity index (χ2n) is 4.65. The normalized spacial score (nSPS) is 10.8. The van der Waals surface area contributed by atoms with Crippen molar-refractivity contribution in [3.63, 3.8) is 0 Å². The predicted molar refractivity (Wildman–Crippen MR) is 98.6 cm³/mol. The molecular formula is C17H18ClIS. The van der Waals surface area contributed by atoms with Crippen LogP contribution in [-0.2, 0) is 12.8 Å². The average molecular weight is 417 g/mol. The van der Waals surface area contributed by atoms with E-state index < -0.39 is 0 Å². The lowest BCUT2D eigenvalue weighted by molar-refractivity contribution is 0.944. The SMILES string of the molecule is CCc1cccc(Sc2ccc(CCCI)c(Cl)c2)c1. The van der Waals surface area contributed by atoms with E-state index >= 15 is 0 Å². The number of alkyl halides is 1. The van der Waals surface area contributed by atoms with E-state index in [0.717, 1.165) is 17.9 Å². The third-order valence-corrected chi connectivity index (χ3v) is 5.24. The molecule has 0 spiro atoms. The molecule has 2 aromatic carbocycles. The summed E-state index contributed by atoms with van der Waals surface area (Å²) >= 11 is 10.6. The molecule has 0 fully saturated rings. The van der Waals surface area contributed by atoms with Gasteiger partial charge in [0.1, 0.15) is 0 Å². The average Bonchev–Trinajstić information content (AvgIpc) is 2.47. The van der Waals surface area contributed by atoms with Crippen LogP contribution in [-0.4, -0.2) is 4.43 Å². The molecule has 0 saturated heterocycles. The minimum atomic E-state index is 0.895. The Hall–Kier alpha value is -0.190. The van der Waals surface area contributed by atoms with Crippen molar-refractivity contribution in [2.75, 3.05) is 4.43 Å². The molecule has 0 radical (unpaired) electrons. The van der Waals surface area contributed by atoms with Gasteiger partial charge in [-0.3, -0.25) is 0 Å². The lowest BCUT2D eigenvalue weighted by Gasteiger charge is -2.07. The van der Waals surface area contributed by atoms with Crippen molar-refractivity contribution in [1.29, 1.82) is 0 Å². The Morgan fingerprint density at radius 3 is 2.60 bits per heavy atom. The Kier molecular flexibility index (Phi) is 6.72. The monoisotopic (exact) mass is 416 g/mol. The Morgan fingerprint density at radius 1 is 1.10 bits per heavy atom. The zero-order chi connectivity index (χ0) is 14.4. The highest BCUT2D eigenvalue weighted by molar-refractivity contribution is 14.1. The molecule has 3 heteroatoms. The van der Waals surface area contributed by atoms with Crippen LogP contribution in [0.2, 0.25) is 5.02 Å². The summed E-state index contributed by atoms with van der Waals surface area (Å²) in [6, 6.07) is 15.1. The smallest absolute Gasteiger partial charge is 0.0449 e. The van der Waals surface area contributed by atoms with E-state index in [1.165, 1.54) is 31.8 Å². The van der Waals surface area contributed by atoms with Crippen LogP contribution in [0.1, 0.15) is 24.5 Å². The maximum Gasteiger partial charge on any atom is 0.0449 e. The van der Waals surface area contributed by atoms with Crippen LogP contribution in [0.25, 0.3) is 0 Å². The van der Waals surface area contributed by atoms with Crippen LogP contribution in [0, 0.1) is 0 Å². The van der Waals surface area contributed by atoms with Gasteiger partial charge in [0, 0.05) is 14.8 Å². The second kappa shape index (κ2) is 8.30. The van der Waals surface area contributed by atoms with Crippen molar-refractivity contribution in [1.82, 2.24) is 0 Å². The fourth-order valence-electron chi connectivity index (χ4n) is 2.02. The molecule has 0 unspecified atom stereocenters. The molecule has 0 atom stereocenters. The fourth-order valence-corrected chi connectivity index (χ4v) is 3.68. The first-order chi connectivity index (χ1) is 9.72. The zero-order valence-corrected chi connectivity index (χ0v) is 15.3. The number of hydrogen-bond acceptors (Lipinski definition) is 1. The summed E-state index contributed by atoms with van der Waals surface area (Å²) in [7, 11) is 0. The highest BCUT2D eigenvalue weighted by atomic mass is 127. The Balaban J connectivity index is 2.11. The van der Waals surface area contributed by atoms with Gasteiger partial charge in [0.25, 0.3) is 0 Å². The van der Waals surface area contributed by atoms with Crippen LogP contribution in [0.15, 0.2) is 52.3 Å². The van der Waals surface area contributed by atoms with Gasteiger partial charge < -0.3 is 0 Å². The van der Waals surface area contributed by atoms with Crippen molar-refractivity contribution in [3.05, 3.63) is 58.6 Å². The molecule has 106 valence electrons. The minimum absolute atomic E-state index is 0.895. The molecule has 0 heterocycles. The van der Waals surface area contributed by atoms with Gasteiger partial charge in [0.05, 0.1) is 0 Å². The van der Waals surface area contributed by atoms with E-state index in [9.17, 15) is 0 Å². The van der Waals surface area contributed by atoms with E-state index in [2.05, 4.69) is 72.0 Å². The maximum absolute atomic E-state index is 6.37. The van der Waals surface area contributed by atoms with Gasteiger partial charge in [-0.25, -0.2) is 0 Å². The summed E-state index contributed by atoms with van der Waals surface area (Å²) in [6.07, 6.45) is 3.33. The van der Waals surface area contributed by atoms with Crippen molar-refractivity contribution < 1.29 is 0 Å². The molecule has 0 amide bonds. The van der Waals surface area contributed by atoms with Gasteiger partial charge in [0.2, 0.25) is 0 Å². The third kappa shape index (κ3) is 4.68. The Bertz CT molecular complexity index is 569. The van der Waals surface area contributed by atoms with E-state index in [4.69, 9.17) is 11.6 Å². The summed E-state index contributed by atoms with van der Waals surface area (Å²) in [4.78, 5) is 2.49. The minimum Gasteiger partial charge on any atom is -0.0900 e. The van der Waals surface area contributed by atoms with Gasteiger partial charge in [-0.1, -0.05) is 71.1 Å². The summed E-state index contributed by atoms with van der Waals surface area (Å²) in [5.74, 6) is 0. The van der Waals surface area contributed by atoms with Gasteiger partial charge in [-0.05, 0) is 59.1 Å². The van der Waals surface area contributed by atoms with Crippen LogP contribution in [0.3, 0.4) is 0 Å². The Morgan fingerprint density at radius 2 is 1.90 bits per heavy atom.